The maximum atomic E-state index is 10.8. The first-order valence-corrected chi connectivity index (χ1v) is 12.2. The molecule has 0 atom stereocenters. The molecule has 2 nitrogen and oxygen atoms in total. The average molecular weight is 503 g/mol. The number of rotatable bonds is 7. The van der Waals surface area contributed by atoms with Crippen molar-refractivity contribution in [2.24, 2.45) is 0 Å². The maximum absolute atomic E-state index is 10.8. The minimum Gasteiger partial charge on any atom is -1.00 e. The van der Waals surface area contributed by atoms with Gasteiger partial charge in [-0.05, 0) is 53.6 Å². The van der Waals surface area contributed by atoms with Crippen LogP contribution in [0.2, 0.25) is 0 Å². The Labute approximate surface area is 200 Å². The second-order valence-corrected chi connectivity index (χ2v) is 10.9. The third-order valence-electron chi connectivity index (χ3n) is 5.41. The van der Waals surface area contributed by atoms with Gasteiger partial charge in [-0.25, -0.2) is 4.79 Å². The average Bonchev–Trinajstić information content (AvgIpc) is 2.83. The SMILES string of the molecule is O=C(O)C=Cc1ccc(C[P+](c2ccccc2)(c2ccccc2)c2ccccc2)cc1.[Br-]. The molecule has 0 aromatic heterocycles. The summed E-state index contributed by atoms with van der Waals surface area (Å²) >= 11 is 0. The fourth-order valence-electron chi connectivity index (χ4n) is 3.94. The number of carboxylic acid groups (broad SMARTS) is 1. The van der Waals surface area contributed by atoms with Gasteiger partial charge in [0, 0.05) is 6.08 Å². The summed E-state index contributed by atoms with van der Waals surface area (Å²) in [6.45, 7) is 0. The zero-order valence-electron chi connectivity index (χ0n) is 17.5. The Morgan fingerprint density at radius 3 is 1.44 bits per heavy atom. The topological polar surface area (TPSA) is 37.3 Å². The Morgan fingerprint density at radius 1 is 0.656 bits per heavy atom. The maximum Gasteiger partial charge on any atom is 0.328 e. The van der Waals surface area contributed by atoms with Crippen LogP contribution >= 0.6 is 7.26 Å². The molecule has 32 heavy (non-hydrogen) atoms. The molecule has 0 amide bonds. The van der Waals surface area contributed by atoms with E-state index in [1.807, 2.05) is 12.1 Å². The summed E-state index contributed by atoms with van der Waals surface area (Å²) in [6, 6.07) is 40.6. The molecule has 0 saturated carbocycles. The highest BCUT2D eigenvalue weighted by molar-refractivity contribution is 7.95. The molecule has 4 rings (SSSR count). The van der Waals surface area contributed by atoms with E-state index in [9.17, 15) is 4.79 Å². The first kappa shape index (κ1) is 23.7. The third-order valence-corrected chi connectivity index (χ3v) is 9.79. The van der Waals surface area contributed by atoms with E-state index in [2.05, 4.69) is 103 Å². The Morgan fingerprint density at radius 2 is 1.06 bits per heavy atom. The van der Waals surface area contributed by atoms with Crippen molar-refractivity contribution in [1.29, 1.82) is 0 Å². The predicted molar refractivity (Wildman–Crippen MR) is 132 cm³/mol. The lowest BCUT2D eigenvalue weighted by molar-refractivity contribution is -0.131. The molecular weight excluding hydrogens is 479 g/mol. The molecule has 0 aliphatic heterocycles. The van der Waals surface area contributed by atoms with Gasteiger partial charge in [0.2, 0.25) is 0 Å². The molecule has 4 aromatic rings. The number of aliphatic carboxylic acids is 1. The zero-order valence-corrected chi connectivity index (χ0v) is 20.0. The van der Waals surface area contributed by atoms with Crippen LogP contribution in [0.4, 0.5) is 0 Å². The Kier molecular flexibility index (Phi) is 8.16. The van der Waals surface area contributed by atoms with Crippen LogP contribution < -0.4 is 32.9 Å². The van der Waals surface area contributed by atoms with Gasteiger partial charge >= 0.3 is 5.97 Å². The van der Waals surface area contributed by atoms with Crippen LogP contribution in [0.5, 0.6) is 0 Å². The molecule has 0 heterocycles. The van der Waals surface area contributed by atoms with E-state index in [4.69, 9.17) is 5.11 Å². The van der Waals surface area contributed by atoms with Crippen molar-refractivity contribution in [2.45, 2.75) is 6.16 Å². The smallest absolute Gasteiger partial charge is 0.328 e. The summed E-state index contributed by atoms with van der Waals surface area (Å²) < 4.78 is 0. The summed E-state index contributed by atoms with van der Waals surface area (Å²) in [7, 11) is -1.93. The van der Waals surface area contributed by atoms with Crippen molar-refractivity contribution in [3.63, 3.8) is 0 Å². The number of hydrogen-bond donors (Lipinski definition) is 1. The van der Waals surface area contributed by atoms with E-state index in [0.717, 1.165) is 11.7 Å². The second-order valence-electron chi connectivity index (χ2n) is 7.39. The molecule has 0 unspecified atom stereocenters. The number of halogens is 1. The van der Waals surface area contributed by atoms with E-state index in [-0.39, 0.29) is 17.0 Å². The summed E-state index contributed by atoms with van der Waals surface area (Å²) in [5.41, 5.74) is 2.12. The molecule has 0 aliphatic rings. The van der Waals surface area contributed by atoms with E-state index < -0.39 is 13.2 Å². The highest BCUT2D eigenvalue weighted by atomic mass is 79.9. The van der Waals surface area contributed by atoms with Crippen LogP contribution in [0, 0.1) is 0 Å². The van der Waals surface area contributed by atoms with Crippen LogP contribution in [0.15, 0.2) is 121 Å². The standard InChI is InChI=1S/C28H23O2P.BrH/c29-28(30)21-20-23-16-18-24(19-17-23)22-31(25-10-4-1-5-11-25,26-12-6-2-7-13-26)27-14-8-3-9-15-27;/h1-21H,22H2;1H. The number of carboxylic acids is 1. The van der Waals surface area contributed by atoms with E-state index in [1.54, 1.807) is 6.08 Å². The normalized spacial score (nSPS) is 11.1. The van der Waals surface area contributed by atoms with Crippen molar-refractivity contribution in [1.82, 2.24) is 0 Å². The highest BCUT2D eigenvalue weighted by Crippen LogP contribution is 2.58. The van der Waals surface area contributed by atoms with Crippen molar-refractivity contribution in [3.05, 3.63) is 132 Å². The summed E-state index contributed by atoms with van der Waals surface area (Å²) in [4.78, 5) is 10.8. The van der Waals surface area contributed by atoms with E-state index in [1.165, 1.54) is 27.6 Å². The van der Waals surface area contributed by atoms with Gasteiger partial charge in [-0.1, -0.05) is 78.9 Å². The van der Waals surface area contributed by atoms with E-state index in [0.29, 0.717) is 0 Å². The summed E-state index contributed by atoms with van der Waals surface area (Å²) in [6.07, 6.45) is 3.69. The van der Waals surface area contributed by atoms with Gasteiger partial charge in [0.1, 0.15) is 23.2 Å². The highest BCUT2D eigenvalue weighted by Gasteiger charge is 2.45. The van der Waals surface area contributed by atoms with Crippen LogP contribution in [-0.4, -0.2) is 11.1 Å². The number of benzene rings is 4. The summed E-state index contributed by atoms with van der Waals surface area (Å²) in [5, 5.41) is 12.9. The zero-order chi connectivity index (χ0) is 21.5. The fourth-order valence-corrected chi connectivity index (χ4v) is 8.19. The molecule has 4 aromatic carbocycles. The van der Waals surface area contributed by atoms with Crippen LogP contribution in [-0.2, 0) is 11.0 Å². The molecule has 0 radical (unpaired) electrons. The molecule has 0 saturated heterocycles. The number of hydrogen-bond acceptors (Lipinski definition) is 1. The lowest BCUT2D eigenvalue weighted by atomic mass is 10.1. The Bertz CT molecular complexity index is 1060. The van der Waals surface area contributed by atoms with Gasteiger partial charge in [0.05, 0.1) is 6.16 Å². The minimum absolute atomic E-state index is 0. The van der Waals surface area contributed by atoms with Crippen LogP contribution in [0.3, 0.4) is 0 Å². The van der Waals surface area contributed by atoms with Gasteiger partial charge in [0.25, 0.3) is 0 Å². The van der Waals surface area contributed by atoms with Crippen molar-refractivity contribution < 1.29 is 26.9 Å². The first-order chi connectivity index (χ1) is 15.2. The molecule has 160 valence electrons. The van der Waals surface area contributed by atoms with Crippen LogP contribution in [0.25, 0.3) is 6.08 Å². The molecule has 4 heteroatoms. The molecule has 0 bridgehead atoms. The quantitative estimate of drug-likeness (QED) is 0.311. The molecule has 0 fully saturated rings. The summed E-state index contributed by atoms with van der Waals surface area (Å²) in [5.74, 6) is -0.939. The Balaban J connectivity index is 0.00000289. The van der Waals surface area contributed by atoms with Gasteiger partial charge in [-0.3, -0.25) is 0 Å². The monoisotopic (exact) mass is 502 g/mol. The third kappa shape index (κ3) is 5.24. The van der Waals surface area contributed by atoms with Crippen molar-refractivity contribution >= 4 is 35.2 Å². The molecule has 0 spiro atoms. The Hall–Kier alpha value is -3.00. The molecule has 1 N–H and O–H groups in total. The molecular formula is C28H24BrO2P. The van der Waals surface area contributed by atoms with Crippen molar-refractivity contribution in [2.75, 3.05) is 0 Å². The first-order valence-electron chi connectivity index (χ1n) is 10.2. The lowest BCUT2D eigenvalue weighted by Crippen LogP contribution is -3.00. The fraction of sp³-hybridized carbons (Fsp3) is 0.0357. The van der Waals surface area contributed by atoms with Gasteiger partial charge in [0.15, 0.2) is 0 Å². The van der Waals surface area contributed by atoms with Crippen molar-refractivity contribution in [3.8, 4) is 0 Å². The minimum atomic E-state index is -1.93. The van der Waals surface area contributed by atoms with Gasteiger partial charge in [-0.2, -0.15) is 0 Å². The van der Waals surface area contributed by atoms with Gasteiger partial charge in [-0.15, -0.1) is 0 Å². The lowest BCUT2D eigenvalue weighted by Gasteiger charge is -2.27. The number of carbonyl (C=O) groups is 1. The largest absolute Gasteiger partial charge is 1.00 e. The van der Waals surface area contributed by atoms with E-state index >= 15 is 0 Å². The van der Waals surface area contributed by atoms with Crippen LogP contribution in [0.1, 0.15) is 11.1 Å². The predicted octanol–water partition coefficient (Wildman–Crippen LogP) is 2.28. The second kappa shape index (κ2) is 11.0. The van der Waals surface area contributed by atoms with Gasteiger partial charge < -0.3 is 22.1 Å². The molecule has 0 aliphatic carbocycles.